The maximum absolute atomic E-state index is 4.69. The quantitative estimate of drug-likeness (QED) is 0.623. The van der Waals surface area contributed by atoms with Crippen LogP contribution in [0.2, 0.25) is 0 Å². The van der Waals surface area contributed by atoms with Gasteiger partial charge in [0, 0.05) is 23.9 Å². The first-order valence-electron chi connectivity index (χ1n) is 9.04. The van der Waals surface area contributed by atoms with Crippen LogP contribution in [0.25, 0.3) is 0 Å². The molecule has 1 aliphatic rings. The average molecular weight is 288 g/mol. The van der Waals surface area contributed by atoms with Crippen LogP contribution in [0.4, 0.5) is 0 Å². The summed E-state index contributed by atoms with van der Waals surface area (Å²) in [6.07, 6.45) is 13.9. The van der Waals surface area contributed by atoms with E-state index in [1.54, 1.807) is 0 Å². The number of unbranched alkanes of at least 4 members (excludes halogenated alkanes) is 4. The fourth-order valence-corrected chi connectivity index (χ4v) is 3.58. The van der Waals surface area contributed by atoms with E-state index in [1.165, 1.54) is 69.0 Å². The lowest BCUT2D eigenvalue weighted by Gasteiger charge is -2.25. The summed E-state index contributed by atoms with van der Waals surface area (Å²) >= 11 is 0. The van der Waals surface area contributed by atoms with Gasteiger partial charge in [0.1, 0.15) is 0 Å². The van der Waals surface area contributed by atoms with Crippen molar-refractivity contribution in [1.82, 2.24) is 10.3 Å². The number of nitrogens with zero attached hydrogens (tertiary/aromatic N) is 1. The SMILES string of the molecule is CCCCCCCC(NCCC)C1CCc2cccnc21. The van der Waals surface area contributed by atoms with Crippen molar-refractivity contribution in [3.63, 3.8) is 0 Å². The summed E-state index contributed by atoms with van der Waals surface area (Å²) in [5.74, 6) is 0.638. The van der Waals surface area contributed by atoms with Crippen LogP contribution in [0, 0.1) is 0 Å². The van der Waals surface area contributed by atoms with Gasteiger partial charge < -0.3 is 5.32 Å². The van der Waals surface area contributed by atoms with E-state index in [4.69, 9.17) is 0 Å². The Bertz CT molecular complexity index is 402. The van der Waals surface area contributed by atoms with E-state index in [-0.39, 0.29) is 0 Å². The van der Waals surface area contributed by atoms with Crippen molar-refractivity contribution in [3.8, 4) is 0 Å². The molecule has 2 heteroatoms. The standard InChI is InChI=1S/C19H32N2/c1-3-5-6-7-8-11-18(20-14-4-2)17-13-12-16-10-9-15-21-19(16)17/h9-10,15,17-18,20H,3-8,11-14H2,1-2H3. The van der Waals surface area contributed by atoms with Crippen molar-refractivity contribution in [1.29, 1.82) is 0 Å². The fourth-order valence-electron chi connectivity index (χ4n) is 3.58. The Hall–Kier alpha value is -0.890. The second-order valence-corrected chi connectivity index (χ2v) is 6.46. The molecule has 0 amide bonds. The Morgan fingerprint density at radius 1 is 1.19 bits per heavy atom. The van der Waals surface area contributed by atoms with Crippen LogP contribution in [0.15, 0.2) is 18.3 Å². The second kappa shape index (κ2) is 9.19. The van der Waals surface area contributed by atoms with E-state index in [9.17, 15) is 0 Å². The van der Waals surface area contributed by atoms with E-state index in [2.05, 4.69) is 36.3 Å². The topological polar surface area (TPSA) is 24.9 Å². The number of aromatic nitrogens is 1. The molecule has 2 atom stereocenters. The van der Waals surface area contributed by atoms with Crippen LogP contribution in [-0.4, -0.2) is 17.6 Å². The smallest absolute Gasteiger partial charge is 0.0482 e. The highest BCUT2D eigenvalue weighted by atomic mass is 14.9. The van der Waals surface area contributed by atoms with Gasteiger partial charge in [-0.05, 0) is 43.9 Å². The monoisotopic (exact) mass is 288 g/mol. The zero-order valence-electron chi connectivity index (χ0n) is 13.9. The molecular weight excluding hydrogens is 256 g/mol. The Labute approximate surface area is 130 Å². The minimum absolute atomic E-state index is 0.628. The van der Waals surface area contributed by atoms with Gasteiger partial charge in [-0.2, -0.15) is 0 Å². The first-order chi connectivity index (χ1) is 10.4. The lowest BCUT2D eigenvalue weighted by Crippen LogP contribution is -2.35. The molecule has 0 saturated heterocycles. The van der Waals surface area contributed by atoms with E-state index in [0.717, 1.165) is 6.54 Å². The number of rotatable bonds is 10. The molecule has 21 heavy (non-hydrogen) atoms. The van der Waals surface area contributed by atoms with Gasteiger partial charge in [0.2, 0.25) is 0 Å². The maximum atomic E-state index is 4.69. The number of pyridine rings is 1. The minimum atomic E-state index is 0.628. The molecule has 1 aromatic heterocycles. The Morgan fingerprint density at radius 3 is 2.86 bits per heavy atom. The molecule has 0 aromatic carbocycles. The van der Waals surface area contributed by atoms with Crippen LogP contribution >= 0.6 is 0 Å². The summed E-state index contributed by atoms with van der Waals surface area (Å²) in [6.45, 7) is 5.68. The number of nitrogens with one attached hydrogen (secondary N) is 1. The van der Waals surface area contributed by atoms with Gasteiger partial charge in [0.15, 0.2) is 0 Å². The summed E-state index contributed by atoms with van der Waals surface area (Å²) in [7, 11) is 0. The molecule has 2 rings (SSSR count). The summed E-state index contributed by atoms with van der Waals surface area (Å²) < 4.78 is 0. The highest BCUT2D eigenvalue weighted by Gasteiger charge is 2.30. The lowest BCUT2D eigenvalue weighted by molar-refractivity contribution is 0.386. The molecule has 0 spiro atoms. The average Bonchev–Trinajstić information content (AvgIpc) is 2.94. The minimum Gasteiger partial charge on any atom is -0.313 e. The first-order valence-corrected chi connectivity index (χ1v) is 9.04. The zero-order valence-corrected chi connectivity index (χ0v) is 13.9. The number of fused-ring (bicyclic) bond motifs is 1. The van der Waals surface area contributed by atoms with Crippen LogP contribution in [0.5, 0.6) is 0 Å². The molecule has 0 saturated carbocycles. The van der Waals surface area contributed by atoms with Gasteiger partial charge in [-0.25, -0.2) is 0 Å². The largest absolute Gasteiger partial charge is 0.313 e. The van der Waals surface area contributed by atoms with Gasteiger partial charge in [-0.1, -0.05) is 52.0 Å². The van der Waals surface area contributed by atoms with E-state index >= 15 is 0 Å². The molecule has 1 aliphatic carbocycles. The van der Waals surface area contributed by atoms with Gasteiger partial charge in [-0.15, -0.1) is 0 Å². The summed E-state index contributed by atoms with van der Waals surface area (Å²) in [5.41, 5.74) is 2.86. The molecule has 0 bridgehead atoms. The predicted octanol–water partition coefficient (Wildman–Crippen LogP) is 4.84. The molecule has 2 nitrogen and oxygen atoms in total. The Morgan fingerprint density at radius 2 is 2.05 bits per heavy atom. The van der Waals surface area contributed by atoms with Gasteiger partial charge in [0.25, 0.3) is 0 Å². The van der Waals surface area contributed by atoms with Crippen molar-refractivity contribution >= 4 is 0 Å². The first kappa shape index (κ1) is 16.5. The highest BCUT2D eigenvalue weighted by molar-refractivity contribution is 5.29. The third-order valence-electron chi connectivity index (χ3n) is 4.76. The van der Waals surface area contributed by atoms with Crippen LogP contribution in [-0.2, 0) is 6.42 Å². The molecule has 0 fully saturated rings. The van der Waals surface area contributed by atoms with Crippen molar-refractivity contribution in [2.24, 2.45) is 0 Å². The lowest BCUT2D eigenvalue weighted by atomic mass is 9.92. The molecular formula is C19H32N2. The van der Waals surface area contributed by atoms with Gasteiger partial charge in [-0.3, -0.25) is 4.98 Å². The molecule has 1 N–H and O–H groups in total. The van der Waals surface area contributed by atoms with Crippen molar-refractivity contribution in [2.75, 3.05) is 6.54 Å². The van der Waals surface area contributed by atoms with E-state index in [0.29, 0.717) is 12.0 Å². The normalized spacial score (nSPS) is 18.7. The predicted molar refractivity (Wildman–Crippen MR) is 90.8 cm³/mol. The summed E-state index contributed by atoms with van der Waals surface area (Å²) in [4.78, 5) is 4.69. The van der Waals surface area contributed by atoms with Gasteiger partial charge >= 0.3 is 0 Å². The summed E-state index contributed by atoms with van der Waals surface area (Å²) in [5, 5.41) is 3.80. The molecule has 0 aliphatic heterocycles. The third-order valence-corrected chi connectivity index (χ3v) is 4.76. The van der Waals surface area contributed by atoms with E-state index in [1.807, 2.05) is 6.20 Å². The van der Waals surface area contributed by atoms with Crippen molar-refractivity contribution in [2.45, 2.75) is 83.6 Å². The van der Waals surface area contributed by atoms with Crippen LogP contribution < -0.4 is 5.32 Å². The number of hydrogen-bond donors (Lipinski definition) is 1. The molecule has 118 valence electrons. The highest BCUT2D eigenvalue weighted by Crippen LogP contribution is 2.35. The van der Waals surface area contributed by atoms with Crippen LogP contribution in [0.3, 0.4) is 0 Å². The van der Waals surface area contributed by atoms with Crippen molar-refractivity contribution < 1.29 is 0 Å². The zero-order chi connectivity index (χ0) is 14.9. The van der Waals surface area contributed by atoms with Crippen molar-refractivity contribution in [3.05, 3.63) is 29.6 Å². The maximum Gasteiger partial charge on any atom is 0.0482 e. The Kier molecular flexibility index (Phi) is 7.21. The van der Waals surface area contributed by atoms with E-state index < -0.39 is 0 Å². The fraction of sp³-hybridized carbons (Fsp3) is 0.737. The number of aryl methyl sites for hydroxylation is 1. The summed E-state index contributed by atoms with van der Waals surface area (Å²) in [6, 6.07) is 4.98. The third kappa shape index (κ3) is 4.81. The molecule has 2 unspecified atom stereocenters. The van der Waals surface area contributed by atoms with Gasteiger partial charge in [0.05, 0.1) is 0 Å². The molecule has 1 heterocycles. The molecule has 1 aromatic rings. The number of hydrogen-bond acceptors (Lipinski definition) is 2. The second-order valence-electron chi connectivity index (χ2n) is 6.46. The molecule has 0 radical (unpaired) electrons. The Balaban J connectivity index is 1.90. The van der Waals surface area contributed by atoms with Crippen LogP contribution in [0.1, 0.15) is 82.4 Å².